The number of nitrogens with one attached hydrogen (secondary N) is 1. The molecule has 0 aliphatic carbocycles. The molecule has 1 fully saturated rings. The lowest BCUT2D eigenvalue weighted by molar-refractivity contribution is 0.0972. The monoisotopic (exact) mass is 426 g/mol. The third-order valence-electron chi connectivity index (χ3n) is 4.95. The molecule has 3 rings (SSSR count). The van der Waals surface area contributed by atoms with Crippen molar-refractivity contribution >= 4 is 23.3 Å². The second-order valence-electron chi connectivity index (χ2n) is 7.91. The van der Waals surface area contributed by atoms with E-state index < -0.39 is 0 Å². The zero-order valence-electron chi connectivity index (χ0n) is 17.4. The van der Waals surface area contributed by atoms with Gasteiger partial charge in [0.25, 0.3) is 5.91 Å². The van der Waals surface area contributed by atoms with E-state index in [0.29, 0.717) is 18.0 Å². The Hall–Kier alpha value is -2.53. The summed E-state index contributed by atoms with van der Waals surface area (Å²) in [6.45, 7) is 7.76. The van der Waals surface area contributed by atoms with E-state index in [4.69, 9.17) is 16.9 Å². The molecule has 8 heteroatoms. The summed E-state index contributed by atoms with van der Waals surface area (Å²) >= 11 is 6.25. The van der Waals surface area contributed by atoms with Gasteiger partial charge in [-0.3, -0.25) is 9.69 Å². The minimum absolute atomic E-state index is 0.0459. The maximum absolute atomic E-state index is 13.3. The van der Waals surface area contributed by atoms with E-state index in [1.807, 2.05) is 44.2 Å². The van der Waals surface area contributed by atoms with Crippen LogP contribution in [0.3, 0.4) is 0 Å². The lowest BCUT2D eigenvalue weighted by Gasteiger charge is -2.26. The molecule has 0 spiro atoms. The Labute approximate surface area is 182 Å². The molecule has 0 saturated carbocycles. The summed E-state index contributed by atoms with van der Waals surface area (Å²) in [6, 6.07) is 9.52. The smallest absolute Gasteiger partial charge is 0.274 e. The summed E-state index contributed by atoms with van der Waals surface area (Å²) in [4.78, 5) is 23.7. The van der Waals surface area contributed by atoms with Gasteiger partial charge in [-0.2, -0.15) is 10.2 Å². The molecule has 1 saturated heterocycles. The molecule has 1 amide bonds. The number of halogens is 1. The largest absolute Gasteiger partial charge is 0.299 e. The van der Waals surface area contributed by atoms with Crippen LogP contribution in [0.15, 0.2) is 30.5 Å². The second kappa shape index (κ2) is 10.5. The molecule has 0 atom stereocenters. The molecule has 2 aromatic rings. The first-order valence-electron chi connectivity index (χ1n) is 10.3. The van der Waals surface area contributed by atoms with E-state index in [2.05, 4.69) is 20.3 Å². The standard InChI is InChI=1S/C22H27ClN6O/c1-16(2)13-26-29(21-19(23)14-25-20(12-24)27-21)22(30)18-8-6-17(7-9-18)15-28-10-4-3-5-11-28/h6-9,14,16,26H,3-5,10-11,13,15H2,1-2H3. The van der Waals surface area contributed by atoms with Crippen molar-refractivity contribution in [2.24, 2.45) is 5.92 Å². The first kappa shape index (κ1) is 22.2. The van der Waals surface area contributed by atoms with Gasteiger partial charge in [0.1, 0.15) is 11.1 Å². The summed E-state index contributed by atoms with van der Waals surface area (Å²) < 4.78 is 0. The first-order valence-corrected chi connectivity index (χ1v) is 10.7. The number of benzene rings is 1. The minimum atomic E-state index is -0.287. The fourth-order valence-electron chi connectivity index (χ4n) is 3.34. The number of hydrogen-bond donors (Lipinski definition) is 1. The third kappa shape index (κ3) is 5.76. The van der Waals surface area contributed by atoms with Crippen LogP contribution in [0.4, 0.5) is 5.82 Å². The number of amides is 1. The average molecular weight is 427 g/mol. The molecule has 2 heterocycles. The fourth-order valence-corrected chi connectivity index (χ4v) is 3.52. The Balaban J connectivity index is 1.81. The Kier molecular flexibility index (Phi) is 7.75. The molecular weight excluding hydrogens is 400 g/mol. The van der Waals surface area contributed by atoms with Crippen molar-refractivity contribution in [3.05, 3.63) is 52.4 Å². The number of carbonyl (C=O) groups is 1. The van der Waals surface area contributed by atoms with Crippen molar-refractivity contribution in [1.82, 2.24) is 20.3 Å². The molecule has 7 nitrogen and oxygen atoms in total. The van der Waals surface area contributed by atoms with Crippen LogP contribution in [-0.2, 0) is 6.54 Å². The summed E-state index contributed by atoms with van der Waals surface area (Å²) in [7, 11) is 0. The number of likely N-dealkylation sites (tertiary alicyclic amines) is 1. The maximum atomic E-state index is 13.3. The van der Waals surface area contributed by atoms with E-state index in [-0.39, 0.29) is 22.6 Å². The molecule has 1 aliphatic rings. The molecule has 0 bridgehead atoms. The number of anilines is 1. The molecule has 0 radical (unpaired) electrons. The van der Waals surface area contributed by atoms with Crippen LogP contribution in [0.25, 0.3) is 0 Å². The minimum Gasteiger partial charge on any atom is -0.299 e. The van der Waals surface area contributed by atoms with Crippen molar-refractivity contribution < 1.29 is 4.79 Å². The van der Waals surface area contributed by atoms with Crippen molar-refractivity contribution in [3.8, 4) is 6.07 Å². The van der Waals surface area contributed by atoms with E-state index >= 15 is 0 Å². The number of piperidine rings is 1. The fraction of sp³-hybridized carbons (Fsp3) is 0.455. The number of rotatable bonds is 7. The Morgan fingerprint density at radius 3 is 2.60 bits per heavy atom. The highest BCUT2D eigenvalue weighted by Crippen LogP contribution is 2.23. The molecule has 1 aliphatic heterocycles. The van der Waals surface area contributed by atoms with Gasteiger partial charge in [-0.15, -0.1) is 0 Å². The number of hydrogen-bond acceptors (Lipinski definition) is 6. The van der Waals surface area contributed by atoms with Crippen molar-refractivity contribution in [1.29, 1.82) is 5.26 Å². The quantitative estimate of drug-likeness (QED) is 0.678. The Morgan fingerprint density at radius 1 is 1.27 bits per heavy atom. The number of carbonyl (C=O) groups excluding carboxylic acids is 1. The van der Waals surface area contributed by atoms with Gasteiger partial charge in [-0.1, -0.05) is 44.0 Å². The van der Waals surface area contributed by atoms with Crippen LogP contribution < -0.4 is 10.4 Å². The first-order chi connectivity index (χ1) is 14.5. The van der Waals surface area contributed by atoms with Gasteiger partial charge < -0.3 is 0 Å². The van der Waals surface area contributed by atoms with E-state index in [1.54, 1.807) is 0 Å². The van der Waals surface area contributed by atoms with E-state index in [9.17, 15) is 4.79 Å². The van der Waals surface area contributed by atoms with Crippen molar-refractivity contribution in [2.75, 3.05) is 24.6 Å². The van der Waals surface area contributed by atoms with Crippen LogP contribution in [0.5, 0.6) is 0 Å². The predicted octanol–water partition coefficient (Wildman–Crippen LogP) is 3.79. The summed E-state index contributed by atoms with van der Waals surface area (Å²) in [5, 5.41) is 10.6. The summed E-state index contributed by atoms with van der Waals surface area (Å²) in [5.74, 6) is 0.134. The molecule has 30 heavy (non-hydrogen) atoms. The van der Waals surface area contributed by atoms with Gasteiger partial charge in [0.2, 0.25) is 5.82 Å². The van der Waals surface area contributed by atoms with Gasteiger partial charge in [-0.05, 0) is 49.5 Å². The molecule has 158 valence electrons. The van der Waals surface area contributed by atoms with Gasteiger partial charge in [0.05, 0.1) is 6.20 Å². The average Bonchev–Trinajstić information content (AvgIpc) is 2.76. The van der Waals surface area contributed by atoms with Crippen LogP contribution in [-0.4, -0.2) is 40.4 Å². The zero-order valence-corrected chi connectivity index (χ0v) is 18.2. The Bertz CT molecular complexity index is 903. The number of hydrazine groups is 1. The van der Waals surface area contributed by atoms with Crippen LogP contribution in [0, 0.1) is 17.2 Å². The van der Waals surface area contributed by atoms with Crippen molar-refractivity contribution in [3.63, 3.8) is 0 Å². The summed E-state index contributed by atoms with van der Waals surface area (Å²) in [5.41, 5.74) is 4.80. The third-order valence-corrected chi connectivity index (χ3v) is 5.22. The van der Waals surface area contributed by atoms with E-state index in [1.165, 1.54) is 36.0 Å². The molecule has 1 aromatic carbocycles. The predicted molar refractivity (Wildman–Crippen MR) is 117 cm³/mol. The van der Waals surface area contributed by atoms with Gasteiger partial charge >= 0.3 is 0 Å². The normalized spacial score (nSPS) is 14.5. The zero-order chi connectivity index (χ0) is 21.5. The van der Waals surface area contributed by atoms with Gasteiger partial charge in [-0.25, -0.2) is 15.4 Å². The summed E-state index contributed by atoms with van der Waals surface area (Å²) in [6.07, 6.45) is 5.14. The lowest BCUT2D eigenvalue weighted by Crippen LogP contribution is -2.45. The van der Waals surface area contributed by atoms with Crippen LogP contribution in [0.2, 0.25) is 5.02 Å². The van der Waals surface area contributed by atoms with Crippen LogP contribution >= 0.6 is 11.6 Å². The molecular formula is C22H27ClN6O. The number of nitrogens with zero attached hydrogens (tertiary/aromatic N) is 5. The lowest BCUT2D eigenvalue weighted by atomic mass is 10.1. The van der Waals surface area contributed by atoms with E-state index in [0.717, 1.165) is 19.6 Å². The van der Waals surface area contributed by atoms with Gasteiger partial charge in [0.15, 0.2) is 5.82 Å². The highest BCUT2D eigenvalue weighted by atomic mass is 35.5. The number of aromatic nitrogens is 2. The maximum Gasteiger partial charge on any atom is 0.274 e. The van der Waals surface area contributed by atoms with Gasteiger partial charge in [0, 0.05) is 18.7 Å². The van der Waals surface area contributed by atoms with Crippen molar-refractivity contribution in [2.45, 2.75) is 39.7 Å². The number of nitriles is 1. The highest BCUT2D eigenvalue weighted by Gasteiger charge is 2.23. The topological polar surface area (TPSA) is 85.2 Å². The SMILES string of the molecule is CC(C)CNN(C(=O)c1ccc(CN2CCCCC2)cc1)c1nc(C#N)ncc1Cl. The van der Waals surface area contributed by atoms with Crippen LogP contribution in [0.1, 0.15) is 54.9 Å². The molecule has 0 unspecified atom stereocenters. The Morgan fingerprint density at radius 2 is 1.97 bits per heavy atom. The molecule has 1 N–H and O–H groups in total. The molecule has 1 aromatic heterocycles. The highest BCUT2D eigenvalue weighted by molar-refractivity contribution is 6.33. The second-order valence-corrected chi connectivity index (χ2v) is 8.31.